The molecule has 0 saturated heterocycles. The summed E-state index contributed by atoms with van der Waals surface area (Å²) in [4.78, 5) is 4.41. The fourth-order valence-electron chi connectivity index (χ4n) is 2.34. The summed E-state index contributed by atoms with van der Waals surface area (Å²) >= 11 is 0. The largest absolute Gasteiger partial charge is 0.504 e. The topological polar surface area (TPSA) is 65.9 Å². The second-order valence-corrected chi connectivity index (χ2v) is 5.75. The highest BCUT2D eigenvalue weighted by atomic mass is 19.4. The predicted octanol–water partition coefficient (Wildman–Crippen LogP) is 3.67. The van der Waals surface area contributed by atoms with E-state index < -0.39 is 11.7 Å². The van der Waals surface area contributed by atoms with Crippen LogP contribution in [0.25, 0.3) is 0 Å². The van der Waals surface area contributed by atoms with Crippen molar-refractivity contribution >= 4 is 5.96 Å². The molecule has 0 aliphatic carbocycles. The molecule has 5 nitrogen and oxygen atoms in total. The number of nitrogens with zero attached hydrogens (tertiary/aromatic N) is 1. The minimum absolute atomic E-state index is 0.0351. The molecular formula is C19H22F3N3O2. The summed E-state index contributed by atoms with van der Waals surface area (Å²) < 4.78 is 42.8. The molecule has 0 radical (unpaired) electrons. The maximum Gasteiger partial charge on any atom is 0.416 e. The zero-order chi connectivity index (χ0) is 19.9. The number of aliphatic imine (C=N–C) groups is 1. The van der Waals surface area contributed by atoms with Crippen LogP contribution in [0.4, 0.5) is 13.2 Å². The molecule has 0 saturated carbocycles. The zero-order valence-corrected chi connectivity index (χ0v) is 15.1. The molecule has 2 aromatic rings. The molecule has 8 heteroatoms. The van der Waals surface area contributed by atoms with E-state index >= 15 is 0 Å². The van der Waals surface area contributed by atoms with E-state index in [1.165, 1.54) is 19.2 Å². The van der Waals surface area contributed by atoms with Gasteiger partial charge in [0.25, 0.3) is 0 Å². The molecule has 0 bridgehead atoms. The van der Waals surface area contributed by atoms with Crippen molar-refractivity contribution in [3.05, 3.63) is 59.2 Å². The number of hydrogen-bond donors (Lipinski definition) is 3. The van der Waals surface area contributed by atoms with Gasteiger partial charge in [-0.2, -0.15) is 13.2 Å². The van der Waals surface area contributed by atoms with Crippen LogP contribution in [0.2, 0.25) is 0 Å². The van der Waals surface area contributed by atoms with Gasteiger partial charge in [0.2, 0.25) is 0 Å². The van der Waals surface area contributed by atoms with Crippen molar-refractivity contribution in [1.29, 1.82) is 0 Å². The van der Waals surface area contributed by atoms with Crippen LogP contribution in [0.5, 0.6) is 11.5 Å². The number of rotatable bonds is 6. The molecule has 27 heavy (non-hydrogen) atoms. The molecule has 146 valence electrons. The van der Waals surface area contributed by atoms with Crippen LogP contribution < -0.4 is 15.4 Å². The first kappa shape index (κ1) is 20.4. The fraction of sp³-hybridized carbons (Fsp3) is 0.316. The number of ether oxygens (including phenoxy) is 1. The Labute approximate surface area is 155 Å². The lowest BCUT2D eigenvalue weighted by atomic mass is 10.1. The number of phenolic OH excluding ortho intramolecular Hbond substituents is 1. The summed E-state index contributed by atoms with van der Waals surface area (Å²) in [6.07, 6.45) is -4.34. The van der Waals surface area contributed by atoms with E-state index in [0.29, 0.717) is 36.9 Å². The van der Waals surface area contributed by atoms with E-state index in [4.69, 9.17) is 4.74 Å². The summed E-state index contributed by atoms with van der Waals surface area (Å²) in [5, 5.41) is 15.9. The third-order valence-electron chi connectivity index (χ3n) is 3.75. The van der Waals surface area contributed by atoms with Crippen LogP contribution in [0.15, 0.2) is 47.5 Å². The van der Waals surface area contributed by atoms with Crippen LogP contribution in [-0.2, 0) is 19.3 Å². The lowest BCUT2D eigenvalue weighted by molar-refractivity contribution is -0.137. The van der Waals surface area contributed by atoms with Crippen molar-refractivity contribution in [1.82, 2.24) is 10.6 Å². The van der Waals surface area contributed by atoms with E-state index in [9.17, 15) is 18.3 Å². The third-order valence-corrected chi connectivity index (χ3v) is 3.75. The van der Waals surface area contributed by atoms with Gasteiger partial charge in [0, 0.05) is 13.1 Å². The number of aromatic hydroxyl groups is 1. The quantitative estimate of drug-likeness (QED) is 0.528. The van der Waals surface area contributed by atoms with Crippen LogP contribution in [0.1, 0.15) is 23.6 Å². The molecule has 0 fully saturated rings. The Morgan fingerprint density at radius 1 is 1.07 bits per heavy atom. The molecule has 0 spiro atoms. The van der Waals surface area contributed by atoms with E-state index in [1.54, 1.807) is 18.2 Å². The Bertz CT molecular complexity index is 775. The third kappa shape index (κ3) is 6.09. The highest BCUT2D eigenvalue weighted by Gasteiger charge is 2.29. The number of guanidine groups is 1. The van der Waals surface area contributed by atoms with Gasteiger partial charge in [-0.05, 0) is 42.3 Å². The minimum Gasteiger partial charge on any atom is -0.504 e. The smallest absolute Gasteiger partial charge is 0.416 e. The first-order valence-corrected chi connectivity index (χ1v) is 8.37. The van der Waals surface area contributed by atoms with Gasteiger partial charge in [0.05, 0.1) is 19.2 Å². The number of halogens is 3. The first-order valence-electron chi connectivity index (χ1n) is 8.37. The van der Waals surface area contributed by atoms with E-state index in [2.05, 4.69) is 15.6 Å². The Balaban J connectivity index is 2.00. The van der Waals surface area contributed by atoms with Crippen LogP contribution in [-0.4, -0.2) is 24.7 Å². The maximum absolute atomic E-state index is 12.6. The molecule has 2 aromatic carbocycles. The van der Waals surface area contributed by atoms with Gasteiger partial charge in [-0.1, -0.05) is 18.2 Å². The molecule has 0 aliphatic heterocycles. The van der Waals surface area contributed by atoms with Gasteiger partial charge in [-0.25, -0.2) is 4.99 Å². The normalized spacial score (nSPS) is 12.0. The van der Waals surface area contributed by atoms with Crippen molar-refractivity contribution in [2.24, 2.45) is 4.99 Å². The van der Waals surface area contributed by atoms with Gasteiger partial charge in [0.1, 0.15) is 0 Å². The average molecular weight is 381 g/mol. The summed E-state index contributed by atoms with van der Waals surface area (Å²) in [6.45, 7) is 3.19. The molecule has 0 atom stereocenters. The number of alkyl halides is 3. The zero-order valence-electron chi connectivity index (χ0n) is 15.1. The predicted molar refractivity (Wildman–Crippen MR) is 97.8 cm³/mol. The number of benzene rings is 2. The molecule has 0 unspecified atom stereocenters. The molecule has 3 N–H and O–H groups in total. The summed E-state index contributed by atoms with van der Waals surface area (Å²) in [5.41, 5.74) is 0.821. The second-order valence-electron chi connectivity index (χ2n) is 5.75. The Morgan fingerprint density at radius 2 is 1.74 bits per heavy atom. The van der Waals surface area contributed by atoms with E-state index in [-0.39, 0.29) is 5.75 Å². The van der Waals surface area contributed by atoms with E-state index in [0.717, 1.165) is 17.7 Å². The number of nitrogens with one attached hydrogen (secondary N) is 2. The van der Waals surface area contributed by atoms with Crippen LogP contribution in [0.3, 0.4) is 0 Å². The SMILES string of the molecule is CCNC(=NCc1ccc(OC)c(O)c1)NCc1ccc(C(F)(F)F)cc1. The lowest BCUT2D eigenvalue weighted by Gasteiger charge is -2.12. The molecule has 0 amide bonds. The lowest BCUT2D eigenvalue weighted by Crippen LogP contribution is -2.36. The van der Waals surface area contributed by atoms with Crippen molar-refractivity contribution in [2.75, 3.05) is 13.7 Å². The highest BCUT2D eigenvalue weighted by Crippen LogP contribution is 2.29. The van der Waals surface area contributed by atoms with Gasteiger partial charge in [0.15, 0.2) is 17.5 Å². The molecule has 2 rings (SSSR count). The van der Waals surface area contributed by atoms with E-state index in [1.807, 2.05) is 6.92 Å². The van der Waals surface area contributed by atoms with Crippen molar-refractivity contribution in [3.8, 4) is 11.5 Å². The standard InChI is InChI=1S/C19H22F3N3O2/c1-3-23-18(25-12-14-6-9-17(27-2)16(26)10-14)24-11-13-4-7-15(8-5-13)19(20,21)22/h4-10,26H,3,11-12H2,1-2H3,(H2,23,24,25). The number of methoxy groups -OCH3 is 1. The van der Waals surface area contributed by atoms with Gasteiger partial charge >= 0.3 is 6.18 Å². The van der Waals surface area contributed by atoms with Crippen molar-refractivity contribution in [3.63, 3.8) is 0 Å². The number of hydrogen-bond acceptors (Lipinski definition) is 3. The monoisotopic (exact) mass is 381 g/mol. The Kier molecular flexibility index (Phi) is 6.92. The summed E-state index contributed by atoms with van der Waals surface area (Å²) in [5.74, 6) is 0.940. The van der Waals surface area contributed by atoms with Crippen molar-refractivity contribution in [2.45, 2.75) is 26.2 Å². The van der Waals surface area contributed by atoms with Crippen LogP contribution >= 0.6 is 0 Å². The second kappa shape index (κ2) is 9.16. The summed E-state index contributed by atoms with van der Waals surface area (Å²) in [6, 6.07) is 10.00. The molecule has 0 heterocycles. The minimum atomic E-state index is -4.34. The Hall–Kier alpha value is -2.90. The van der Waals surface area contributed by atoms with Gasteiger partial charge in [-0.15, -0.1) is 0 Å². The highest BCUT2D eigenvalue weighted by molar-refractivity contribution is 5.79. The van der Waals surface area contributed by atoms with Gasteiger partial charge in [-0.3, -0.25) is 0 Å². The van der Waals surface area contributed by atoms with Crippen molar-refractivity contribution < 1.29 is 23.0 Å². The maximum atomic E-state index is 12.6. The van der Waals surface area contributed by atoms with Gasteiger partial charge < -0.3 is 20.5 Å². The summed E-state index contributed by atoms with van der Waals surface area (Å²) in [7, 11) is 1.47. The molecule has 0 aromatic heterocycles. The average Bonchev–Trinajstić information content (AvgIpc) is 2.63. The first-order chi connectivity index (χ1) is 12.8. The van der Waals surface area contributed by atoms with Crippen LogP contribution in [0, 0.1) is 0 Å². The molecular weight excluding hydrogens is 359 g/mol. The fourth-order valence-corrected chi connectivity index (χ4v) is 2.34. The molecule has 0 aliphatic rings. The Morgan fingerprint density at radius 3 is 2.30 bits per heavy atom. The number of phenols is 1.